The van der Waals surface area contributed by atoms with Crippen molar-refractivity contribution in [3.05, 3.63) is 34.3 Å². The smallest absolute Gasteiger partial charge is 0.427 e. The molecule has 4 nitrogen and oxygen atoms in total. The molecule has 0 aromatic carbocycles. The van der Waals surface area contributed by atoms with Crippen LogP contribution in [0.25, 0.3) is 0 Å². The minimum absolute atomic E-state index is 0.0594. The average Bonchev–Trinajstić information content (AvgIpc) is 2.92. The van der Waals surface area contributed by atoms with Crippen LogP contribution in [-0.2, 0) is 4.74 Å². The molecule has 1 aromatic heterocycles. The lowest BCUT2D eigenvalue weighted by molar-refractivity contribution is 0.152. The van der Waals surface area contributed by atoms with E-state index < -0.39 is 24.4 Å². The van der Waals surface area contributed by atoms with Gasteiger partial charge in [-0.05, 0) is 24.8 Å². The van der Waals surface area contributed by atoms with E-state index in [-0.39, 0.29) is 13.0 Å². The molecule has 1 heterocycles. The lowest BCUT2D eigenvalue weighted by atomic mass is 10.1. The first-order chi connectivity index (χ1) is 9.54. The van der Waals surface area contributed by atoms with Crippen LogP contribution in [0.15, 0.2) is 34.5 Å². The third-order valence-corrected chi connectivity index (χ3v) is 3.07. The summed E-state index contributed by atoms with van der Waals surface area (Å²) in [6.45, 7) is 1.81. The zero-order valence-corrected chi connectivity index (χ0v) is 11.5. The molecule has 0 aliphatic heterocycles. The number of allylic oxidation sites excluding steroid dienone is 1. The van der Waals surface area contributed by atoms with E-state index in [9.17, 15) is 18.0 Å². The van der Waals surface area contributed by atoms with Crippen LogP contribution in [0.5, 0.6) is 0 Å². The lowest BCUT2D eigenvalue weighted by Gasteiger charge is -2.05. The molecule has 0 fully saturated rings. The summed E-state index contributed by atoms with van der Waals surface area (Å²) in [6, 6.07) is 3.44. The van der Waals surface area contributed by atoms with Gasteiger partial charge < -0.3 is 4.74 Å². The standard InChI is InChI=1S/C12H13F3N2O2S/c1-2-19-12(18)17-16-9(10-4-3-7-20-10)6-5-8(13)11(14)15/h3-4,7H,2,5-6H2,1H3,(H,17,18)/b16-9-. The number of carbonyl (C=O) groups is 1. The molecular formula is C12H13F3N2O2S. The molecule has 1 N–H and O–H groups in total. The highest BCUT2D eigenvalue weighted by Crippen LogP contribution is 2.19. The molecule has 1 amide bonds. The zero-order valence-electron chi connectivity index (χ0n) is 10.7. The van der Waals surface area contributed by atoms with Crippen molar-refractivity contribution in [3.63, 3.8) is 0 Å². The maximum Gasteiger partial charge on any atom is 0.427 e. The Bertz CT molecular complexity index is 497. The van der Waals surface area contributed by atoms with Gasteiger partial charge in [-0.15, -0.1) is 11.3 Å². The molecule has 0 unspecified atom stereocenters. The number of hydrogen-bond donors (Lipinski definition) is 1. The predicted octanol–water partition coefficient (Wildman–Crippen LogP) is 4.06. The number of amides is 1. The van der Waals surface area contributed by atoms with E-state index in [1.165, 1.54) is 11.3 Å². The Kier molecular flexibility index (Phi) is 6.78. The van der Waals surface area contributed by atoms with Crippen LogP contribution in [0.4, 0.5) is 18.0 Å². The van der Waals surface area contributed by atoms with Gasteiger partial charge in [0.2, 0.25) is 0 Å². The van der Waals surface area contributed by atoms with Crippen molar-refractivity contribution in [1.82, 2.24) is 5.43 Å². The average molecular weight is 306 g/mol. The van der Waals surface area contributed by atoms with Crippen molar-refractivity contribution in [2.75, 3.05) is 6.61 Å². The third kappa shape index (κ3) is 5.43. The monoisotopic (exact) mass is 306 g/mol. The predicted molar refractivity (Wildman–Crippen MR) is 70.6 cm³/mol. The number of hydrazone groups is 1. The second kappa shape index (κ2) is 8.36. The second-order valence-electron chi connectivity index (χ2n) is 3.53. The van der Waals surface area contributed by atoms with Crippen LogP contribution in [0.2, 0.25) is 0 Å². The summed E-state index contributed by atoms with van der Waals surface area (Å²) in [5, 5.41) is 5.55. The van der Waals surface area contributed by atoms with Crippen LogP contribution in [-0.4, -0.2) is 18.4 Å². The molecule has 1 rings (SSSR count). The summed E-state index contributed by atoms with van der Waals surface area (Å²) < 4.78 is 41.5. The normalized spacial score (nSPS) is 11.1. The maximum atomic E-state index is 12.8. The summed E-state index contributed by atoms with van der Waals surface area (Å²) in [5.74, 6) is -1.48. The molecule has 0 aliphatic rings. The number of halogens is 3. The number of thiophene rings is 1. The highest BCUT2D eigenvalue weighted by atomic mass is 32.1. The first kappa shape index (κ1) is 16.2. The van der Waals surface area contributed by atoms with Gasteiger partial charge in [0.1, 0.15) is 0 Å². The Hall–Kier alpha value is -1.83. The van der Waals surface area contributed by atoms with E-state index in [1.807, 2.05) is 0 Å². The Morgan fingerprint density at radius 3 is 2.70 bits per heavy atom. The minimum atomic E-state index is -2.34. The maximum absolute atomic E-state index is 12.8. The fourth-order valence-corrected chi connectivity index (χ4v) is 2.02. The van der Waals surface area contributed by atoms with Crippen molar-refractivity contribution in [3.8, 4) is 0 Å². The molecule has 0 atom stereocenters. The Labute approximate surface area is 117 Å². The highest BCUT2D eigenvalue weighted by Gasteiger charge is 2.11. The van der Waals surface area contributed by atoms with Crippen LogP contribution < -0.4 is 5.43 Å². The highest BCUT2D eigenvalue weighted by molar-refractivity contribution is 7.12. The third-order valence-electron chi connectivity index (χ3n) is 2.15. The lowest BCUT2D eigenvalue weighted by Crippen LogP contribution is -2.20. The van der Waals surface area contributed by atoms with E-state index in [4.69, 9.17) is 0 Å². The minimum Gasteiger partial charge on any atom is -0.449 e. The van der Waals surface area contributed by atoms with E-state index in [2.05, 4.69) is 15.3 Å². The Morgan fingerprint density at radius 1 is 1.40 bits per heavy atom. The van der Waals surface area contributed by atoms with E-state index in [0.29, 0.717) is 10.6 Å². The van der Waals surface area contributed by atoms with Gasteiger partial charge in [-0.25, -0.2) is 14.6 Å². The Morgan fingerprint density at radius 2 is 2.15 bits per heavy atom. The number of hydrogen-bond acceptors (Lipinski definition) is 4. The summed E-state index contributed by atoms with van der Waals surface area (Å²) in [7, 11) is 0. The van der Waals surface area contributed by atoms with Crippen molar-refractivity contribution < 1.29 is 22.7 Å². The first-order valence-corrected chi connectivity index (χ1v) is 6.65. The molecule has 110 valence electrons. The van der Waals surface area contributed by atoms with Crippen molar-refractivity contribution in [2.45, 2.75) is 19.8 Å². The zero-order chi connectivity index (χ0) is 15.0. The van der Waals surface area contributed by atoms with Gasteiger partial charge in [-0.3, -0.25) is 0 Å². The number of nitrogens with one attached hydrogen (secondary N) is 1. The molecule has 0 spiro atoms. The number of carbonyl (C=O) groups excluding carboxylic acids is 1. The Balaban J connectivity index is 2.74. The van der Waals surface area contributed by atoms with Crippen molar-refractivity contribution in [1.29, 1.82) is 0 Å². The van der Waals surface area contributed by atoms with Crippen LogP contribution in [0, 0.1) is 0 Å². The van der Waals surface area contributed by atoms with Gasteiger partial charge in [0, 0.05) is 6.42 Å². The summed E-state index contributed by atoms with van der Waals surface area (Å²) >= 11 is 1.31. The van der Waals surface area contributed by atoms with E-state index in [1.54, 1.807) is 24.4 Å². The fourth-order valence-electron chi connectivity index (χ4n) is 1.28. The van der Waals surface area contributed by atoms with Gasteiger partial charge in [0.15, 0.2) is 5.83 Å². The van der Waals surface area contributed by atoms with Gasteiger partial charge in [0.05, 0.1) is 17.2 Å². The SMILES string of the molecule is CCOC(=O)N/N=C(/CCC(F)=C(F)F)c1cccs1. The fraction of sp³-hybridized carbons (Fsp3) is 0.333. The molecule has 0 aliphatic carbocycles. The van der Waals surface area contributed by atoms with E-state index in [0.717, 1.165) is 0 Å². The molecule has 8 heteroatoms. The van der Waals surface area contributed by atoms with Crippen LogP contribution >= 0.6 is 11.3 Å². The van der Waals surface area contributed by atoms with Crippen LogP contribution in [0.1, 0.15) is 24.6 Å². The van der Waals surface area contributed by atoms with E-state index >= 15 is 0 Å². The topological polar surface area (TPSA) is 50.7 Å². The van der Waals surface area contributed by atoms with Crippen LogP contribution in [0.3, 0.4) is 0 Å². The summed E-state index contributed by atoms with van der Waals surface area (Å²) in [6.07, 6.45) is -3.64. The first-order valence-electron chi connectivity index (χ1n) is 5.77. The number of rotatable bonds is 6. The number of nitrogens with zero attached hydrogens (tertiary/aromatic N) is 1. The summed E-state index contributed by atoms with van der Waals surface area (Å²) in [4.78, 5) is 11.8. The largest absolute Gasteiger partial charge is 0.449 e. The van der Waals surface area contributed by atoms with Gasteiger partial charge in [0.25, 0.3) is 0 Å². The molecule has 1 aromatic rings. The van der Waals surface area contributed by atoms with Gasteiger partial charge >= 0.3 is 12.2 Å². The molecular weight excluding hydrogens is 293 g/mol. The molecule has 0 saturated heterocycles. The number of ether oxygens (including phenoxy) is 1. The second-order valence-corrected chi connectivity index (χ2v) is 4.48. The summed E-state index contributed by atoms with van der Waals surface area (Å²) in [5.41, 5.74) is 2.44. The van der Waals surface area contributed by atoms with Crippen molar-refractivity contribution >= 4 is 23.1 Å². The quantitative estimate of drug-likeness (QED) is 0.636. The molecule has 0 saturated carbocycles. The van der Waals surface area contributed by atoms with Gasteiger partial charge in [-0.2, -0.15) is 13.9 Å². The molecule has 0 radical (unpaired) electrons. The van der Waals surface area contributed by atoms with Crippen molar-refractivity contribution in [2.24, 2.45) is 5.10 Å². The van der Waals surface area contributed by atoms with Gasteiger partial charge in [-0.1, -0.05) is 6.07 Å². The molecule has 20 heavy (non-hydrogen) atoms. The molecule has 0 bridgehead atoms.